The molecule has 3 N–H and O–H groups in total. The molecule has 12 heavy (non-hydrogen) atoms. The Labute approximate surface area is 71.1 Å². The number of hydrogen-bond acceptors (Lipinski definition) is 4. The first-order valence-electron chi connectivity index (χ1n) is 3.60. The summed E-state index contributed by atoms with van der Waals surface area (Å²) >= 11 is 0. The number of ketones is 1. The van der Waals surface area contributed by atoms with Crippen molar-refractivity contribution in [3.05, 3.63) is 0 Å². The summed E-state index contributed by atoms with van der Waals surface area (Å²) in [7, 11) is 1.66. The minimum absolute atomic E-state index is 0.00455. The van der Waals surface area contributed by atoms with E-state index in [1.807, 2.05) is 0 Å². The lowest BCUT2D eigenvalue weighted by Crippen LogP contribution is -2.42. The van der Waals surface area contributed by atoms with Crippen LogP contribution in [0.1, 0.15) is 6.92 Å². The number of rotatable bonds is 5. The van der Waals surface area contributed by atoms with Crippen LogP contribution in [0.25, 0.3) is 0 Å². The molecule has 0 amide bonds. The van der Waals surface area contributed by atoms with Crippen molar-refractivity contribution in [3.8, 4) is 0 Å². The van der Waals surface area contributed by atoms with Crippen molar-refractivity contribution < 1.29 is 14.7 Å². The second-order valence-corrected chi connectivity index (χ2v) is 2.84. The van der Waals surface area contributed by atoms with Crippen LogP contribution in [0.3, 0.4) is 0 Å². The highest BCUT2D eigenvalue weighted by molar-refractivity contribution is 5.78. The maximum atomic E-state index is 10.6. The zero-order valence-electron chi connectivity index (χ0n) is 7.28. The molecule has 0 aliphatic rings. The number of Topliss-reactive ketones (excluding diaryl/α,β-unsaturated/α-hetero) is 1. The Bertz CT molecular complexity index is 181. The van der Waals surface area contributed by atoms with Crippen molar-refractivity contribution in [2.75, 3.05) is 20.1 Å². The van der Waals surface area contributed by atoms with Crippen molar-refractivity contribution in [1.29, 1.82) is 0 Å². The fourth-order valence-corrected chi connectivity index (χ4v) is 0.859. The van der Waals surface area contributed by atoms with Gasteiger partial charge < -0.3 is 10.8 Å². The van der Waals surface area contributed by atoms with Crippen LogP contribution in [-0.2, 0) is 9.59 Å². The van der Waals surface area contributed by atoms with Crippen LogP contribution in [0.15, 0.2) is 0 Å². The molecule has 0 rings (SSSR count). The van der Waals surface area contributed by atoms with E-state index in [0.717, 1.165) is 0 Å². The van der Waals surface area contributed by atoms with Crippen LogP contribution in [0, 0.1) is 0 Å². The maximum Gasteiger partial charge on any atom is 0.321 e. The van der Waals surface area contributed by atoms with E-state index in [0.29, 0.717) is 0 Å². The van der Waals surface area contributed by atoms with Crippen molar-refractivity contribution in [3.63, 3.8) is 0 Å². The molecule has 0 spiro atoms. The SMILES string of the molecule is CC(=O)CN(C)C[C@H](N)C(=O)O. The lowest BCUT2D eigenvalue weighted by molar-refractivity contribution is -0.139. The third-order valence-electron chi connectivity index (χ3n) is 1.32. The summed E-state index contributed by atoms with van der Waals surface area (Å²) in [6.45, 7) is 1.87. The van der Waals surface area contributed by atoms with E-state index in [1.165, 1.54) is 6.92 Å². The van der Waals surface area contributed by atoms with Crippen LogP contribution in [0.2, 0.25) is 0 Å². The number of nitrogens with zero attached hydrogens (tertiary/aromatic N) is 1. The van der Waals surface area contributed by atoms with Gasteiger partial charge in [-0.1, -0.05) is 0 Å². The summed E-state index contributed by atoms with van der Waals surface area (Å²) < 4.78 is 0. The van der Waals surface area contributed by atoms with E-state index in [4.69, 9.17) is 10.8 Å². The Kier molecular flexibility index (Phi) is 4.46. The second-order valence-electron chi connectivity index (χ2n) is 2.84. The van der Waals surface area contributed by atoms with E-state index in [2.05, 4.69) is 0 Å². The smallest absolute Gasteiger partial charge is 0.321 e. The highest BCUT2D eigenvalue weighted by atomic mass is 16.4. The van der Waals surface area contributed by atoms with Crippen LogP contribution in [0.4, 0.5) is 0 Å². The Morgan fingerprint density at radius 2 is 2.08 bits per heavy atom. The molecule has 0 aliphatic carbocycles. The summed E-state index contributed by atoms with van der Waals surface area (Å²) in [4.78, 5) is 22.4. The molecule has 0 unspecified atom stereocenters. The molecule has 70 valence electrons. The van der Waals surface area contributed by atoms with Crippen molar-refractivity contribution in [2.24, 2.45) is 5.73 Å². The fraction of sp³-hybridized carbons (Fsp3) is 0.714. The first kappa shape index (κ1) is 11.1. The standard InChI is InChI=1S/C7H14N2O3/c1-5(10)3-9(2)4-6(8)7(11)12/h6H,3-4,8H2,1-2H3,(H,11,12)/t6-/m0/s1. The molecular weight excluding hydrogens is 160 g/mol. The number of likely N-dealkylation sites (N-methyl/N-ethyl adjacent to an activating group) is 1. The van der Waals surface area contributed by atoms with Crippen LogP contribution < -0.4 is 5.73 Å². The summed E-state index contributed by atoms with van der Waals surface area (Å²) in [6, 6.07) is -0.922. The van der Waals surface area contributed by atoms with Gasteiger partial charge in [0.15, 0.2) is 0 Å². The van der Waals surface area contributed by atoms with E-state index in [9.17, 15) is 9.59 Å². The lowest BCUT2D eigenvalue weighted by Gasteiger charge is -2.16. The normalized spacial score (nSPS) is 13.0. The van der Waals surface area contributed by atoms with E-state index < -0.39 is 12.0 Å². The van der Waals surface area contributed by atoms with Gasteiger partial charge in [-0.15, -0.1) is 0 Å². The summed E-state index contributed by atoms with van der Waals surface area (Å²) in [6.07, 6.45) is 0. The highest BCUT2D eigenvalue weighted by Gasteiger charge is 2.14. The van der Waals surface area contributed by atoms with Gasteiger partial charge in [0.25, 0.3) is 0 Å². The van der Waals surface area contributed by atoms with Crippen molar-refractivity contribution in [2.45, 2.75) is 13.0 Å². The van der Waals surface area contributed by atoms with Gasteiger partial charge in [0, 0.05) is 6.54 Å². The molecule has 0 aromatic carbocycles. The van der Waals surface area contributed by atoms with Gasteiger partial charge in [0.1, 0.15) is 11.8 Å². The number of carbonyl (C=O) groups is 2. The van der Waals surface area contributed by atoms with Gasteiger partial charge in [-0.25, -0.2) is 0 Å². The third-order valence-corrected chi connectivity index (χ3v) is 1.32. The summed E-state index contributed by atoms with van der Waals surface area (Å²) in [5.74, 6) is -1.06. The van der Waals surface area contributed by atoms with Crippen molar-refractivity contribution in [1.82, 2.24) is 4.90 Å². The number of hydrogen-bond donors (Lipinski definition) is 2. The van der Waals surface area contributed by atoms with Gasteiger partial charge in [-0.2, -0.15) is 0 Å². The van der Waals surface area contributed by atoms with Gasteiger partial charge >= 0.3 is 5.97 Å². The highest BCUT2D eigenvalue weighted by Crippen LogP contribution is 1.87. The minimum atomic E-state index is -1.05. The van der Waals surface area contributed by atoms with E-state index in [1.54, 1.807) is 11.9 Å². The molecule has 0 fully saturated rings. The topological polar surface area (TPSA) is 83.6 Å². The molecular formula is C7H14N2O3. The van der Waals surface area contributed by atoms with Crippen LogP contribution in [0.5, 0.6) is 0 Å². The maximum absolute atomic E-state index is 10.6. The van der Waals surface area contributed by atoms with Gasteiger partial charge in [0.2, 0.25) is 0 Å². The van der Waals surface area contributed by atoms with Crippen LogP contribution >= 0.6 is 0 Å². The molecule has 0 heterocycles. The molecule has 0 radical (unpaired) electrons. The molecule has 0 saturated carbocycles. The number of carbonyl (C=O) groups excluding carboxylic acids is 1. The Morgan fingerprint density at radius 1 is 1.58 bits per heavy atom. The molecule has 0 saturated heterocycles. The monoisotopic (exact) mass is 174 g/mol. The van der Waals surface area contributed by atoms with Gasteiger partial charge in [-0.3, -0.25) is 14.5 Å². The summed E-state index contributed by atoms with van der Waals surface area (Å²) in [5, 5.41) is 8.43. The Morgan fingerprint density at radius 3 is 2.42 bits per heavy atom. The molecule has 0 aromatic heterocycles. The quantitative estimate of drug-likeness (QED) is 0.554. The molecule has 1 atom stereocenters. The number of carboxylic acid groups (broad SMARTS) is 1. The van der Waals surface area contributed by atoms with E-state index in [-0.39, 0.29) is 18.9 Å². The Balaban J connectivity index is 3.76. The summed E-state index contributed by atoms with van der Waals surface area (Å²) in [5.41, 5.74) is 5.24. The number of nitrogens with two attached hydrogens (primary N) is 1. The lowest BCUT2D eigenvalue weighted by atomic mass is 10.3. The first-order valence-corrected chi connectivity index (χ1v) is 3.60. The zero-order valence-corrected chi connectivity index (χ0v) is 7.28. The predicted octanol–water partition coefficient (Wildman–Crippen LogP) is -1.08. The van der Waals surface area contributed by atoms with Gasteiger partial charge in [0.05, 0.1) is 6.54 Å². The largest absolute Gasteiger partial charge is 0.480 e. The number of aliphatic carboxylic acids is 1. The second kappa shape index (κ2) is 4.84. The average Bonchev–Trinajstić information content (AvgIpc) is 1.84. The molecule has 5 heteroatoms. The Hall–Kier alpha value is -0.940. The number of carboxylic acids is 1. The molecule has 0 aromatic rings. The minimum Gasteiger partial charge on any atom is -0.480 e. The molecule has 0 aliphatic heterocycles. The van der Waals surface area contributed by atoms with E-state index >= 15 is 0 Å². The third kappa shape index (κ3) is 4.81. The van der Waals surface area contributed by atoms with Crippen molar-refractivity contribution >= 4 is 11.8 Å². The molecule has 5 nitrogen and oxygen atoms in total. The fourth-order valence-electron chi connectivity index (χ4n) is 0.859. The first-order chi connectivity index (χ1) is 5.43. The zero-order chi connectivity index (χ0) is 9.72. The average molecular weight is 174 g/mol. The predicted molar refractivity (Wildman–Crippen MR) is 43.8 cm³/mol. The van der Waals surface area contributed by atoms with Crippen LogP contribution in [-0.4, -0.2) is 47.9 Å². The molecule has 0 bridgehead atoms. The van der Waals surface area contributed by atoms with Gasteiger partial charge in [-0.05, 0) is 14.0 Å².